The van der Waals surface area contributed by atoms with Crippen molar-refractivity contribution in [2.24, 2.45) is 35.5 Å². The molecular formula is C53H80NO14Y-. The van der Waals surface area contributed by atoms with E-state index in [1.165, 1.54) is 12.0 Å². The molecule has 4 aliphatic rings. The number of aliphatic hydroxyl groups is 2. The first kappa shape index (κ1) is 60.4. The topological polar surface area (TPSA) is 201 Å². The maximum absolute atomic E-state index is 14.4. The van der Waals surface area contributed by atoms with Crippen LogP contribution in [0.15, 0.2) is 47.6 Å². The molecule has 1 radical (unpaired) electrons. The van der Waals surface area contributed by atoms with Crippen LogP contribution in [-0.2, 0) is 89.9 Å². The number of ketones is 3. The predicted octanol–water partition coefficient (Wildman–Crippen LogP) is 6.56. The van der Waals surface area contributed by atoms with Crippen LogP contribution in [0.3, 0.4) is 0 Å². The Morgan fingerprint density at radius 1 is 0.884 bits per heavy atom. The van der Waals surface area contributed by atoms with E-state index >= 15 is 0 Å². The Bertz CT molecular complexity index is 1880. The molecule has 385 valence electrons. The molecule has 3 heterocycles. The normalized spacial score (nSPS) is 38.5. The molecule has 1 aliphatic carbocycles. The van der Waals surface area contributed by atoms with Gasteiger partial charge in [0.15, 0.2) is 11.8 Å². The zero-order valence-corrected chi connectivity index (χ0v) is 45.6. The summed E-state index contributed by atoms with van der Waals surface area (Å²) in [6, 6.07) is -1.16. The van der Waals surface area contributed by atoms with Crippen LogP contribution in [0.4, 0.5) is 0 Å². The smallest absolute Gasteiger partial charge is 0.329 e. The third-order valence-electron chi connectivity index (χ3n) is 14.7. The summed E-state index contributed by atoms with van der Waals surface area (Å²) < 4.78 is 35.0. The van der Waals surface area contributed by atoms with Gasteiger partial charge in [0.1, 0.15) is 36.2 Å². The number of esters is 2. The van der Waals surface area contributed by atoms with Crippen molar-refractivity contribution in [2.45, 2.75) is 180 Å². The molecule has 2 bridgehead atoms. The molecule has 0 spiro atoms. The average molecular weight is 1040 g/mol. The number of fused-ring (bicyclic) bond motifs is 3. The summed E-state index contributed by atoms with van der Waals surface area (Å²) in [5.74, 6) is -8.86. The molecule has 69 heavy (non-hydrogen) atoms. The van der Waals surface area contributed by atoms with Gasteiger partial charge in [-0.05, 0) is 107 Å². The fraction of sp³-hybridized carbons (Fsp3) is 0.717. The molecule has 2 saturated heterocycles. The minimum Gasteiger partial charge on any atom is -0.483 e. The number of hydrogen-bond donors (Lipinski definition) is 2. The Hall–Kier alpha value is -2.89. The maximum Gasteiger partial charge on any atom is 0.329 e. The minimum atomic E-state index is -2.44. The molecule has 0 aromatic carbocycles. The summed E-state index contributed by atoms with van der Waals surface area (Å²) in [4.78, 5) is 83.8. The number of ether oxygens (including phenoxy) is 6. The first-order valence-electron chi connectivity index (χ1n) is 24.7. The van der Waals surface area contributed by atoms with Crippen molar-refractivity contribution < 1.29 is 100 Å². The molecule has 15 atom stereocenters. The number of carbonyl (C=O) groups is 6. The van der Waals surface area contributed by atoms with Gasteiger partial charge >= 0.3 is 5.97 Å². The van der Waals surface area contributed by atoms with E-state index in [9.17, 15) is 39.0 Å². The van der Waals surface area contributed by atoms with Crippen LogP contribution >= 0.6 is 0 Å². The van der Waals surface area contributed by atoms with Gasteiger partial charge in [-0.25, -0.2) is 4.79 Å². The van der Waals surface area contributed by atoms with Gasteiger partial charge in [-0.3, -0.25) is 30.9 Å². The molecule has 1 amide bonds. The van der Waals surface area contributed by atoms with Crippen LogP contribution in [0.25, 0.3) is 0 Å². The summed E-state index contributed by atoms with van der Waals surface area (Å²) >= 11 is 0. The Kier molecular flexibility index (Phi) is 24.9. The third kappa shape index (κ3) is 16.6. The van der Waals surface area contributed by atoms with E-state index in [0.29, 0.717) is 69.8 Å². The number of nitrogens with zero attached hydrogens (tertiary/aromatic N) is 1. The van der Waals surface area contributed by atoms with E-state index in [4.69, 9.17) is 28.4 Å². The summed E-state index contributed by atoms with van der Waals surface area (Å²) in [6.45, 7) is 16.0. The number of cyclic esters (lactones) is 1. The van der Waals surface area contributed by atoms with Crippen molar-refractivity contribution in [2.75, 3.05) is 27.9 Å². The van der Waals surface area contributed by atoms with Crippen molar-refractivity contribution in [3.05, 3.63) is 54.5 Å². The van der Waals surface area contributed by atoms with Crippen molar-refractivity contribution in [1.82, 2.24) is 4.90 Å². The number of allylic oxidation sites excluding steroid dienone is 6. The number of rotatable bonds is 7. The molecule has 2 N–H and O–H groups in total. The van der Waals surface area contributed by atoms with Crippen LogP contribution in [0, 0.1) is 42.4 Å². The number of methoxy groups -OCH3 is 3. The SMILES string of the molecule is [CH2-]C(=O)O[C@@H]1CC[C@@H](C[C@@H](C)[C@@H]2CC(=O)[C@H](C)/C=C(\C)[C@@H](O)[C@@H](OC)C(=O)[C@H](C)C[C@H](C)/C=C/C=C/C=C(\C)[C@@H](OC)C[C@@H]3CC[C@@H](C)[C@@](O)(O3)C(=O)C(=O)N3CCCC[C@H]3C(=O)O2)C[C@H]1OC.[Y]. The molecule has 0 aromatic rings. The van der Waals surface area contributed by atoms with Crippen molar-refractivity contribution in [1.29, 1.82) is 0 Å². The molecule has 15 nitrogen and oxygen atoms in total. The minimum absolute atomic E-state index is 0. The molecule has 16 heteroatoms. The zero-order valence-electron chi connectivity index (χ0n) is 42.8. The number of carbonyl (C=O) groups excluding carboxylic acids is 6. The van der Waals surface area contributed by atoms with Gasteiger partial charge in [0.2, 0.25) is 5.79 Å². The Morgan fingerprint density at radius 3 is 2.25 bits per heavy atom. The van der Waals surface area contributed by atoms with Crippen LogP contribution < -0.4 is 0 Å². The standard InChI is InChI=1S/C53H80NO14.Y/c1-31-17-13-12-14-18-32(2)44(63-9)29-40-22-20-37(7)53(62,68-40)50(59)51(60)54-24-16-15-19-41(54)52(61)67-45(34(4)27-39-21-23-43(66-38(8)55)46(28-39)64-10)30-42(56)33(3)26-36(6)48(58)49(65-11)47(57)35(5)25-31;/h12-14,17-18,26,31,33-35,37,39-41,43-46,48-49,58,62H,8,15-16,19-25,27-30H2,1-7,9-11H3;/q-1;/b14-12+,17-13+,32-18+,36-26+;/t31-,33-,34-,35-,37-,39+,40+,41+,43-,44+,45+,46-,48-,49+,53-;/m1./s1. The van der Waals surface area contributed by atoms with Gasteiger partial charge in [-0.2, -0.15) is 0 Å². The van der Waals surface area contributed by atoms with Crippen LogP contribution in [0.2, 0.25) is 0 Å². The molecule has 3 aliphatic heterocycles. The first-order valence-corrected chi connectivity index (χ1v) is 24.7. The Morgan fingerprint density at radius 2 is 1.59 bits per heavy atom. The second-order valence-corrected chi connectivity index (χ2v) is 20.1. The zero-order chi connectivity index (χ0) is 50.5. The van der Waals surface area contributed by atoms with Gasteiger partial charge in [-0.15, -0.1) is 0 Å². The van der Waals surface area contributed by atoms with Gasteiger partial charge in [0.05, 0.1) is 18.3 Å². The van der Waals surface area contributed by atoms with Crippen LogP contribution in [0.5, 0.6) is 0 Å². The number of amides is 1. The quantitative estimate of drug-likeness (QED) is 0.120. The fourth-order valence-corrected chi connectivity index (χ4v) is 10.4. The molecule has 0 aromatic heterocycles. The van der Waals surface area contributed by atoms with Crippen molar-refractivity contribution in [3.8, 4) is 0 Å². The van der Waals surface area contributed by atoms with E-state index < -0.39 is 89.8 Å². The summed E-state index contributed by atoms with van der Waals surface area (Å²) in [5, 5.41) is 23.4. The number of piperidine rings is 1. The summed E-state index contributed by atoms with van der Waals surface area (Å²) in [5.41, 5.74) is 1.24. The van der Waals surface area contributed by atoms with Crippen LogP contribution in [-0.4, -0.2) is 133 Å². The van der Waals surface area contributed by atoms with E-state index in [2.05, 4.69) is 6.92 Å². The van der Waals surface area contributed by atoms with Crippen molar-refractivity contribution >= 4 is 35.2 Å². The molecular weight excluding hydrogens is 963 g/mol. The second-order valence-electron chi connectivity index (χ2n) is 20.1. The second kappa shape index (κ2) is 28.4. The monoisotopic (exact) mass is 1040 g/mol. The average Bonchev–Trinajstić information content (AvgIpc) is 3.30. The largest absolute Gasteiger partial charge is 0.483 e. The fourth-order valence-electron chi connectivity index (χ4n) is 10.4. The predicted molar refractivity (Wildman–Crippen MR) is 254 cm³/mol. The van der Waals surface area contributed by atoms with E-state index in [1.807, 2.05) is 51.2 Å². The molecule has 4 rings (SSSR count). The Balaban J connectivity index is 0.0000126. The molecule has 3 fully saturated rings. The van der Waals surface area contributed by atoms with Gasteiger partial charge in [0.25, 0.3) is 11.7 Å². The van der Waals surface area contributed by atoms with E-state index in [-0.39, 0.29) is 87.5 Å². The van der Waals surface area contributed by atoms with Gasteiger partial charge in [0, 0.05) is 91.2 Å². The molecule has 0 unspecified atom stereocenters. The maximum atomic E-state index is 14.4. The van der Waals surface area contributed by atoms with Gasteiger partial charge in [-0.1, -0.05) is 71.1 Å². The van der Waals surface area contributed by atoms with Crippen LogP contribution in [0.1, 0.15) is 126 Å². The molecule has 1 saturated carbocycles. The number of Topliss-reactive ketones (excluding diaryl/α,β-unsaturated/α-hetero) is 3. The summed E-state index contributed by atoms with van der Waals surface area (Å²) in [6.07, 6.45) is 10.9. The third-order valence-corrected chi connectivity index (χ3v) is 14.7. The van der Waals surface area contributed by atoms with Gasteiger partial charge < -0.3 is 43.5 Å². The summed E-state index contributed by atoms with van der Waals surface area (Å²) in [7, 11) is 4.50. The first-order chi connectivity index (χ1) is 32.1. The Labute approximate surface area is 435 Å². The van der Waals surface area contributed by atoms with E-state index in [0.717, 1.165) is 5.57 Å². The number of hydrogen-bond acceptors (Lipinski definition) is 14. The van der Waals surface area contributed by atoms with Crippen molar-refractivity contribution in [3.63, 3.8) is 0 Å². The number of aliphatic hydroxyl groups excluding tert-OH is 1. The van der Waals surface area contributed by atoms with E-state index in [1.54, 1.807) is 48.0 Å².